The Morgan fingerprint density at radius 2 is 2.00 bits per heavy atom. The fourth-order valence-electron chi connectivity index (χ4n) is 3.62. The lowest BCUT2D eigenvalue weighted by molar-refractivity contribution is -0.116. The van der Waals surface area contributed by atoms with E-state index < -0.39 is 5.97 Å². The van der Waals surface area contributed by atoms with Gasteiger partial charge in [-0.15, -0.1) is 11.3 Å². The fourth-order valence-corrected chi connectivity index (χ4v) is 4.99. The molecular formula is C22H18ClNO5S. The number of hydrogen-bond donors (Lipinski definition) is 3. The zero-order valence-electron chi connectivity index (χ0n) is 15.9. The van der Waals surface area contributed by atoms with E-state index in [-0.39, 0.29) is 28.9 Å². The van der Waals surface area contributed by atoms with Gasteiger partial charge >= 0.3 is 5.97 Å². The van der Waals surface area contributed by atoms with Crippen LogP contribution in [0.3, 0.4) is 0 Å². The molecular weight excluding hydrogens is 426 g/mol. The molecule has 0 radical (unpaired) electrons. The topological polar surface area (TPSA) is 95.9 Å². The van der Waals surface area contributed by atoms with Crippen molar-refractivity contribution in [1.29, 1.82) is 0 Å². The van der Waals surface area contributed by atoms with E-state index >= 15 is 0 Å². The number of carbonyl (C=O) groups excluding carboxylic acids is 1. The molecule has 0 saturated carbocycles. The van der Waals surface area contributed by atoms with Crippen LogP contribution in [0.2, 0.25) is 5.02 Å². The Morgan fingerprint density at radius 1 is 1.27 bits per heavy atom. The van der Waals surface area contributed by atoms with E-state index in [0.717, 1.165) is 21.8 Å². The van der Waals surface area contributed by atoms with Crippen LogP contribution in [-0.2, 0) is 4.79 Å². The molecule has 0 spiro atoms. The van der Waals surface area contributed by atoms with Gasteiger partial charge in [0, 0.05) is 27.8 Å². The summed E-state index contributed by atoms with van der Waals surface area (Å²) < 4.78 is 5.48. The van der Waals surface area contributed by atoms with Crippen LogP contribution in [0.25, 0.3) is 11.1 Å². The zero-order valence-corrected chi connectivity index (χ0v) is 17.5. The van der Waals surface area contributed by atoms with Gasteiger partial charge in [-0.25, -0.2) is 4.79 Å². The first kappa shape index (κ1) is 20.3. The van der Waals surface area contributed by atoms with E-state index in [1.807, 2.05) is 6.92 Å². The van der Waals surface area contributed by atoms with Crippen LogP contribution in [0.4, 0.5) is 5.69 Å². The number of fused-ring (bicyclic) bond motifs is 1. The number of carbonyl (C=O) groups is 2. The second-order valence-electron chi connectivity index (χ2n) is 6.82. The standard InChI is InChI=1S/C22H18ClNO5S/c1-2-29-16-9-12(5-8-15(16)25)14-10-17(26)24-19-18(11-3-6-13(23)7-4-11)21(22(27)28)30-20(14)19/h3-9,14,25H,2,10H2,1H3,(H,24,26)(H,27,28). The zero-order chi connectivity index (χ0) is 21.4. The Kier molecular flexibility index (Phi) is 5.40. The highest BCUT2D eigenvalue weighted by atomic mass is 35.5. The number of hydrogen-bond acceptors (Lipinski definition) is 5. The van der Waals surface area contributed by atoms with Gasteiger partial charge < -0.3 is 20.3 Å². The summed E-state index contributed by atoms with van der Waals surface area (Å²) in [6.07, 6.45) is 0.170. The number of amides is 1. The molecule has 3 aromatic rings. The number of aromatic carboxylic acids is 1. The van der Waals surface area contributed by atoms with Crippen LogP contribution >= 0.6 is 22.9 Å². The number of carboxylic acids is 1. The van der Waals surface area contributed by atoms with E-state index in [1.54, 1.807) is 36.4 Å². The lowest BCUT2D eigenvalue weighted by atomic mass is 9.88. The van der Waals surface area contributed by atoms with Crippen LogP contribution in [0.15, 0.2) is 42.5 Å². The van der Waals surface area contributed by atoms with Crippen molar-refractivity contribution >= 4 is 40.5 Å². The van der Waals surface area contributed by atoms with Gasteiger partial charge in [-0.2, -0.15) is 0 Å². The van der Waals surface area contributed by atoms with Crippen LogP contribution in [-0.4, -0.2) is 28.7 Å². The minimum Gasteiger partial charge on any atom is -0.504 e. The van der Waals surface area contributed by atoms with Gasteiger partial charge in [0.1, 0.15) is 4.88 Å². The number of thiophene rings is 1. The lowest BCUT2D eigenvalue weighted by Gasteiger charge is -2.24. The first-order valence-electron chi connectivity index (χ1n) is 9.30. The summed E-state index contributed by atoms with van der Waals surface area (Å²) in [4.78, 5) is 25.5. The second kappa shape index (κ2) is 8.01. The van der Waals surface area contributed by atoms with E-state index in [0.29, 0.717) is 34.2 Å². The Hall–Kier alpha value is -3.03. The SMILES string of the molecule is CCOc1cc(C2CC(=O)Nc3c2sc(C(=O)O)c3-c2ccc(Cl)cc2)ccc1O. The molecule has 1 atom stereocenters. The van der Waals surface area contributed by atoms with Crippen molar-refractivity contribution in [3.05, 3.63) is 62.8 Å². The number of nitrogens with one attached hydrogen (secondary N) is 1. The number of anilines is 1. The van der Waals surface area contributed by atoms with E-state index in [9.17, 15) is 19.8 Å². The maximum absolute atomic E-state index is 12.5. The highest BCUT2D eigenvalue weighted by molar-refractivity contribution is 7.15. The molecule has 3 N–H and O–H groups in total. The van der Waals surface area contributed by atoms with Crippen molar-refractivity contribution in [3.8, 4) is 22.6 Å². The van der Waals surface area contributed by atoms with E-state index in [1.165, 1.54) is 6.07 Å². The third kappa shape index (κ3) is 3.62. The Balaban J connectivity index is 1.89. The molecule has 0 saturated heterocycles. The van der Waals surface area contributed by atoms with Crippen molar-refractivity contribution in [1.82, 2.24) is 0 Å². The highest BCUT2D eigenvalue weighted by Crippen LogP contribution is 2.50. The van der Waals surface area contributed by atoms with Gasteiger partial charge in [-0.05, 0) is 42.3 Å². The molecule has 1 aromatic heterocycles. The number of phenols is 1. The molecule has 1 unspecified atom stereocenters. The first-order chi connectivity index (χ1) is 14.4. The van der Waals surface area contributed by atoms with Gasteiger partial charge in [-0.1, -0.05) is 29.8 Å². The monoisotopic (exact) mass is 443 g/mol. The maximum Gasteiger partial charge on any atom is 0.346 e. The molecule has 0 aliphatic carbocycles. The molecule has 30 heavy (non-hydrogen) atoms. The molecule has 0 fully saturated rings. The number of rotatable bonds is 5. The fraction of sp³-hybridized carbons (Fsp3) is 0.182. The summed E-state index contributed by atoms with van der Waals surface area (Å²) in [5, 5.41) is 23.2. The molecule has 1 amide bonds. The summed E-state index contributed by atoms with van der Waals surface area (Å²) in [7, 11) is 0. The average Bonchev–Trinajstić information content (AvgIpc) is 3.09. The molecule has 0 bridgehead atoms. The van der Waals surface area contributed by atoms with Crippen LogP contribution in [0.5, 0.6) is 11.5 Å². The minimum absolute atomic E-state index is 0.0142. The maximum atomic E-state index is 12.5. The number of halogens is 1. The highest BCUT2D eigenvalue weighted by Gasteiger charge is 2.34. The largest absolute Gasteiger partial charge is 0.504 e. The summed E-state index contributed by atoms with van der Waals surface area (Å²) in [6, 6.07) is 11.8. The summed E-state index contributed by atoms with van der Waals surface area (Å²) in [6.45, 7) is 2.20. The first-order valence-corrected chi connectivity index (χ1v) is 10.5. The van der Waals surface area contributed by atoms with Crippen molar-refractivity contribution in [3.63, 3.8) is 0 Å². The summed E-state index contributed by atoms with van der Waals surface area (Å²) in [5.74, 6) is -1.27. The van der Waals surface area contributed by atoms with Crippen LogP contribution in [0.1, 0.15) is 39.4 Å². The molecule has 1 aliphatic rings. The number of ether oxygens (including phenoxy) is 1. The smallest absolute Gasteiger partial charge is 0.346 e. The molecule has 2 aromatic carbocycles. The van der Waals surface area contributed by atoms with Crippen LogP contribution < -0.4 is 10.1 Å². The Labute approximate surface area is 181 Å². The van der Waals surface area contributed by atoms with Gasteiger partial charge in [-0.3, -0.25) is 4.79 Å². The summed E-state index contributed by atoms with van der Waals surface area (Å²) >= 11 is 7.13. The Bertz CT molecular complexity index is 1140. The van der Waals surface area contributed by atoms with E-state index in [2.05, 4.69) is 5.32 Å². The normalized spacial score (nSPS) is 15.4. The number of aromatic hydroxyl groups is 1. The molecule has 8 heteroatoms. The average molecular weight is 444 g/mol. The predicted molar refractivity (Wildman–Crippen MR) is 116 cm³/mol. The van der Waals surface area contributed by atoms with Crippen molar-refractivity contribution in [2.45, 2.75) is 19.3 Å². The molecule has 4 rings (SSSR count). The molecule has 2 heterocycles. The van der Waals surface area contributed by atoms with Gasteiger partial charge in [0.25, 0.3) is 0 Å². The number of carboxylic acid groups (broad SMARTS) is 1. The van der Waals surface area contributed by atoms with E-state index in [4.69, 9.17) is 16.3 Å². The van der Waals surface area contributed by atoms with Crippen molar-refractivity contribution < 1.29 is 24.5 Å². The van der Waals surface area contributed by atoms with Gasteiger partial charge in [0.15, 0.2) is 11.5 Å². The summed E-state index contributed by atoms with van der Waals surface area (Å²) in [5.41, 5.74) is 2.41. The van der Waals surface area contributed by atoms with Crippen molar-refractivity contribution in [2.24, 2.45) is 0 Å². The number of benzene rings is 2. The Morgan fingerprint density at radius 3 is 2.67 bits per heavy atom. The predicted octanol–water partition coefficient (Wildman–Crippen LogP) is 5.35. The van der Waals surface area contributed by atoms with Gasteiger partial charge in [0.2, 0.25) is 5.91 Å². The third-order valence-corrected chi connectivity index (χ3v) is 6.46. The van der Waals surface area contributed by atoms with Crippen LogP contribution in [0, 0.1) is 0 Å². The number of phenolic OH excluding ortho intramolecular Hbond substituents is 1. The molecule has 154 valence electrons. The second-order valence-corrected chi connectivity index (χ2v) is 8.31. The molecule has 6 nitrogen and oxygen atoms in total. The quantitative estimate of drug-likeness (QED) is 0.494. The lowest BCUT2D eigenvalue weighted by Crippen LogP contribution is -2.22. The van der Waals surface area contributed by atoms with Gasteiger partial charge in [0.05, 0.1) is 12.3 Å². The minimum atomic E-state index is -1.06. The molecule has 1 aliphatic heterocycles. The third-order valence-electron chi connectivity index (χ3n) is 4.92. The van der Waals surface area contributed by atoms with Crippen molar-refractivity contribution in [2.75, 3.05) is 11.9 Å².